The predicted octanol–water partition coefficient (Wildman–Crippen LogP) is 9.02. The molecular weight excluding hydrogens is 482 g/mol. The summed E-state index contributed by atoms with van der Waals surface area (Å²) in [4.78, 5) is 0. The molecule has 0 bridgehead atoms. The molecule has 0 amide bonds. The van der Waals surface area contributed by atoms with Crippen molar-refractivity contribution in [2.24, 2.45) is 29.1 Å². The van der Waals surface area contributed by atoms with Crippen LogP contribution in [0.5, 0.6) is 5.75 Å². The number of hydrogen-bond acceptors (Lipinski definition) is 2. The minimum atomic E-state index is 0.303. The molecule has 0 radical (unpaired) electrons. The number of thioether (sulfide) groups is 1. The molecule has 2 aliphatic carbocycles. The van der Waals surface area contributed by atoms with Crippen molar-refractivity contribution in [3.05, 3.63) is 64.6 Å². The predicted molar refractivity (Wildman–Crippen MR) is 158 cm³/mol. The summed E-state index contributed by atoms with van der Waals surface area (Å²) in [5.41, 5.74) is 6.82. The Labute approximate surface area is 228 Å². The molecule has 0 saturated heterocycles. The van der Waals surface area contributed by atoms with Crippen LogP contribution >= 0.6 is 23.4 Å². The highest BCUT2D eigenvalue weighted by molar-refractivity contribution is 8.02. The van der Waals surface area contributed by atoms with E-state index in [1.165, 1.54) is 22.4 Å². The highest BCUT2D eigenvalue weighted by Crippen LogP contribution is 2.53. The first-order chi connectivity index (χ1) is 17.2. The molecule has 2 nitrogen and oxygen atoms in total. The number of methoxy groups -OCH3 is 1. The van der Waals surface area contributed by atoms with Gasteiger partial charge in [0.15, 0.2) is 5.71 Å². The van der Waals surface area contributed by atoms with Gasteiger partial charge in [-0.25, -0.2) is 0 Å². The van der Waals surface area contributed by atoms with Gasteiger partial charge >= 0.3 is 0 Å². The normalized spacial score (nSPS) is 29.2. The lowest BCUT2D eigenvalue weighted by Crippen LogP contribution is -2.49. The van der Waals surface area contributed by atoms with E-state index in [0.717, 1.165) is 42.5 Å². The third kappa shape index (κ3) is 5.16. The van der Waals surface area contributed by atoms with E-state index in [9.17, 15) is 0 Å². The van der Waals surface area contributed by atoms with Crippen molar-refractivity contribution in [2.45, 2.75) is 66.1 Å². The van der Waals surface area contributed by atoms with E-state index in [2.05, 4.69) is 87.9 Å². The molecule has 1 fully saturated rings. The molecule has 36 heavy (non-hydrogen) atoms. The Bertz CT molecular complexity index is 1120. The van der Waals surface area contributed by atoms with Gasteiger partial charge in [-0.05, 0) is 76.7 Å². The van der Waals surface area contributed by atoms with Crippen LogP contribution in [0.25, 0.3) is 6.08 Å². The average Bonchev–Trinajstić information content (AvgIpc) is 2.89. The van der Waals surface area contributed by atoms with Crippen molar-refractivity contribution in [1.29, 1.82) is 0 Å². The molecule has 5 unspecified atom stereocenters. The number of ether oxygens (including phenoxy) is 1. The number of fused-ring (bicyclic) bond motifs is 1. The lowest BCUT2D eigenvalue weighted by molar-refractivity contribution is -0.419. The van der Waals surface area contributed by atoms with Gasteiger partial charge in [0.2, 0.25) is 11.7 Å². The summed E-state index contributed by atoms with van der Waals surface area (Å²) in [5.74, 6) is 3.76. The molecule has 5 atom stereocenters. The Hall–Kier alpha value is -1.71. The number of nitrogens with zero attached hydrogens (tertiary/aromatic N) is 1. The molecule has 2 aromatic carbocycles. The second-order valence-electron chi connectivity index (χ2n) is 11.5. The van der Waals surface area contributed by atoms with Crippen LogP contribution < -0.4 is 4.74 Å². The maximum Gasteiger partial charge on any atom is 0.223 e. The first-order valence-corrected chi connectivity index (χ1v) is 15.0. The van der Waals surface area contributed by atoms with Gasteiger partial charge in [-0.3, -0.25) is 0 Å². The van der Waals surface area contributed by atoms with Gasteiger partial charge in [0.25, 0.3) is 0 Å². The molecule has 0 N–H and O–H groups in total. The fourth-order valence-electron chi connectivity index (χ4n) is 6.54. The van der Waals surface area contributed by atoms with E-state index >= 15 is 0 Å². The number of alkyl halides is 1. The van der Waals surface area contributed by atoms with Crippen LogP contribution in [0.3, 0.4) is 0 Å². The van der Waals surface area contributed by atoms with E-state index in [1.54, 1.807) is 7.11 Å². The second kappa shape index (κ2) is 11.4. The van der Waals surface area contributed by atoms with Crippen LogP contribution in [0.2, 0.25) is 0 Å². The maximum absolute atomic E-state index is 6.57. The van der Waals surface area contributed by atoms with E-state index in [4.69, 9.17) is 16.3 Å². The second-order valence-corrected chi connectivity index (χ2v) is 12.8. The standard InChI is InChI=1S/C32H43ClNOS/c1-21-22(2)24(4)32(5,6)31(23(21)3)36-19-18-26-11-8-10-25-12-9-13-29(30(25)26)34(20-33)27-14-16-28(35-7)17-15-27/h8,10-11,14-19,21-24,31H,9,12-13,20H2,1-7H3/q+1. The van der Waals surface area contributed by atoms with Gasteiger partial charge in [-0.2, -0.15) is 4.58 Å². The zero-order valence-electron chi connectivity index (χ0n) is 23.1. The van der Waals surface area contributed by atoms with Crippen molar-refractivity contribution < 1.29 is 9.31 Å². The van der Waals surface area contributed by atoms with Gasteiger partial charge < -0.3 is 4.74 Å². The summed E-state index contributed by atoms with van der Waals surface area (Å²) in [5, 5.41) is 2.98. The van der Waals surface area contributed by atoms with Crippen molar-refractivity contribution in [2.75, 3.05) is 13.1 Å². The summed E-state index contributed by atoms with van der Waals surface area (Å²) < 4.78 is 7.63. The summed E-state index contributed by atoms with van der Waals surface area (Å²) in [6.45, 7) is 14.8. The molecule has 194 valence electrons. The number of halogens is 1. The van der Waals surface area contributed by atoms with Gasteiger partial charge in [0.1, 0.15) is 5.75 Å². The zero-order chi connectivity index (χ0) is 26.0. The molecule has 0 spiro atoms. The fraction of sp³-hybridized carbons (Fsp3) is 0.531. The first-order valence-electron chi connectivity index (χ1n) is 13.5. The van der Waals surface area contributed by atoms with Crippen LogP contribution in [-0.2, 0) is 6.42 Å². The highest BCUT2D eigenvalue weighted by atomic mass is 35.5. The average molecular weight is 525 g/mol. The van der Waals surface area contributed by atoms with E-state index in [1.807, 2.05) is 23.9 Å². The minimum Gasteiger partial charge on any atom is -0.497 e. The van der Waals surface area contributed by atoms with Crippen molar-refractivity contribution >= 4 is 40.8 Å². The summed E-state index contributed by atoms with van der Waals surface area (Å²) in [6.07, 6.45) is 5.65. The SMILES string of the molecule is COc1ccc([N+](CCl)=C2CCCc3cccc(C=CSC4C(C)C(C)C(C)C(C)C4(C)C)c32)cc1. The Morgan fingerprint density at radius 1 is 1.00 bits per heavy atom. The third-order valence-corrected chi connectivity index (χ3v) is 11.3. The van der Waals surface area contributed by atoms with Crippen molar-refractivity contribution in [3.8, 4) is 5.75 Å². The smallest absolute Gasteiger partial charge is 0.223 e. The molecule has 2 aromatic rings. The summed E-state index contributed by atoms with van der Waals surface area (Å²) in [7, 11) is 1.70. The van der Waals surface area contributed by atoms with Crippen molar-refractivity contribution in [1.82, 2.24) is 0 Å². The number of benzene rings is 2. The molecule has 0 heterocycles. The molecule has 2 aliphatic rings. The van der Waals surface area contributed by atoms with E-state index in [0.29, 0.717) is 28.5 Å². The minimum absolute atomic E-state index is 0.303. The van der Waals surface area contributed by atoms with E-state index < -0.39 is 0 Å². The van der Waals surface area contributed by atoms with Gasteiger partial charge in [0.05, 0.1) is 12.7 Å². The van der Waals surface area contributed by atoms with Crippen LogP contribution in [0.1, 0.15) is 71.1 Å². The highest BCUT2D eigenvalue weighted by Gasteiger charge is 2.48. The van der Waals surface area contributed by atoms with Gasteiger partial charge in [-0.1, -0.05) is 71.3 Å². The Balaban J connectivity index is 1.68. The molecule has 0 aromatic heterocycles. The van der Waals surface area contributed by atoms with Gasteiger partial charge in [0, 0.05) is 23.8 Å². The van der Waals surface area contributed by atoms with Crippen LogP contribution in [0.4, 0.5) is 5.69 Å². The van der Waals surface area contributed by atoms with Crippen LogP contribution in [0.15, 0.2) is 47.9 Å². The lowest BCUT2D eigenvalue weighted by atomic mass is 9.57. The molecular formula is C32H43ClNOS+. The largest absolute Gasteiger partial charge is 0.497 e. The number of aryl methyl sites for hydroxylation is 1. The third-order valence-electron chi connectivity index (χ3n) is 9.47. The zero-order valence-corrected chi connectivity index (χ0v) is 24.6. The fourth-order valence-corrected chi connectivity index (χ4v) is 8.28. The van der Waals surface area contributed by atoms with Crippen LogP contribution in [-0.4, -0.2) is 28.7 Å². The monoisotopic (exact) mass is 524 g/mol. The first kappa shape index (κ1) is 27.3. The molecule has 0 aliphatic heterocycles. The van der Waals surface area contributed by atoms with Crippen LogP contribution in [0, 0.1) is 29.1 Å². The molecule has 4 heteroatoms. The Morgan fingerprint density at radius 3 is 2.39 bits per heavy atom. The lowest BCUT2D eigenvalue weighted by Gasteiger charge is -2.53. The topological polar surface area (TPSA) is 12.2 Å². The number of hydrogen-bond donors (Lipinski definition) is 0. The Morgan fingerprint density at radius 2 is 1.72 bits per heavy atom. The quantitative estimate of drug-likeness (QED) is 0.212. The van der Waals surface area contributed by atoms with Gasteiger partial charge in [-0.15, -0.1) is 11.8 Å². The summed E-state index contributed by atoms with van der Waals surface area (Å²) in [6, 6.07) is 15.4. The molecule has 1 saturated carbocycles. The maximum atomic E-state index is 6.57. The summed E-state index contributed by atoms with van der Waals surface area (Å²) >= 11 is 8.61. The van der Waals surface area contributed by atoms with E-state index in [-0.39, 0.29) is 0 Å². The van der Waals surface area contributed by atoms with Crippen molar-refractivity contribution in [3.63, 3.8) is 0 Å². The Kier molecular flexibility index (Phi) is 8.62. The number of rotatable bonds is 6. The molecule has 4 rings (SSSR count).